The van der Waals surface area contributed by atoms with Gasteiger partial charge in [-0.1, -0.05) is 109 Å². The Labute approximate surface area is 179 Å². The van der Waals surface area contributed by atoms with Crippen molar-refractivity contribution < 1.29 is 0 Å². The highest BCUT2D eigenvalue weighted by Gasteiger charge is 2.15. The first kappa shape index (κ1) is 18.8. The van der Waals surface area contributed by atoms with Crippen molar-refractivity contribution in [2.24, 2.45) is 0 Å². The summed E-state index contributed by atoms with van der Waals surface area (Å²) in [6.07, 6.45) is 0. The maximum absolute atomic E-state index is 3.92. The molecule has 0 saturated heterocycles. The summed E-state index contributed by atoms with van der Waals surface area (Å²) >= 11 is 5.71. The zero-order chi connectivity index (χ0) is 19.2. The van der Waals surface area contributed by atoms with Crippen LogP contribution in [0.15, 0.2) is 125 Å². The molecule has 2 heteroatoms. The molecule has 0 nitrogen and oxygen atoms in total. The van der Waals surface area contributed by atoms with Crippen molar-refractivity contribution in [3.8, 4) is 0 Å². The smallest absolute Gasteiger partial charge is 0.0332 e. The molecule has 0 saturated carbocycles. The minimum Gasteiger partial charge on any atom is -0.0894 e. The Hall–Kier alpha value is -2.55. The minimum absolute atomic E-state index is 1.10. The predicted molar refractivity (Wildman–Crippen MR) is 125 cm³/mol. The van der Waals surface area contributed by atoms with Gasteiger partial charge in [0.2, 0.25) is 0 Å². The van der Waals surface area contributed by atoms with Crippen LogP contribution in [0.1, 0.15) is 16.7 Å². The lowest BCUT2D eigenvalue weighted by Gasteiger charge is -2.16. The van der Waals surface area contributed by atoms with Gasteiger partial charge >= 0.3 is 0 Å². The molecule has 0 radical (unpaired) electrons. The van der Waals surface area contributed by atoms with Gasteiger partial charge in [0.1, 0.15) is 0 Å². The largest absolute Gasteiger partial charge is 0.0894 e. The van der Waals surface area contributed by atoms with Crippen molar-refractivity contribution in [2.75, 3.05) is 0 Å². The molecule has 0 atom stereocenters. The Balaban J connectivity index is 1.89. The van der Waals surface area contributed by atoms with E-state index in [1.54, 1.807) is 11.8 Å². The third-order valence-corrected chi connectivity index (χ3v) is 6.37. The minimum atomic E-state index is 1.10. The second-order valence-corrected chi connectivity index (χ2v) is 8.24. The number of hydrogen-bond acceptors (Lipinski definition) is 1. The molecule has 0 spiro atoms. The number of rotatable bonds is 5. The molecule has 4 rings (SSSR count). The van der Waals surface area contributed by atoms with Crippen molar-refractivity contribution in [1.29, 1.82) is 0 Å². The molecule has 0 unspecified atom stereocenters. The van der Waals surface area contributed by atoms with Crippen LogP contribution in [-0.2, 0) is 0 Å². The van der Waals surface area contributed by atoms with E-state index in [0.29, 0.717) is 0 Å². The molecule has 0 aromatic heterocycles. The first-order valence-electron chi connectivity index (χ1n) is 9.16. The molecule has 0 fully saturated rings. The molecule has 0 aliphatic carbocycles. The second kappa shape index (κ2) is 9.09. The van der Waals surface area contributed by atoms with Crippen LogP contribution in [0, 0.1) is 0 Å². The maximum Gasteiger partial charge on any atom is 0.0332 e. The molecule has 0 bridgehead atoms. The molecular weight excluding hydrogens is 424 g/mol. The molecular formula is C26H19BrS. The van der Waals surface area contributed by atoms with Gasteiger partial charge in [0.05, 0.1) is 0 Å². The van der Waals surface area contributed by atoms with E-state index in [1.807, 2.05) is 6.07 Å². The predicted octanol–water partition coefficient (Wildman–Crippen LogP) is 8.15. The van der Waals surface area contributed by atoms with Crippen LogP contribution in [-0.4, -0.2) is 0 Å². The van der Waals surface area contributed by atoms with Crippen molar-refractivity contribution in [1.82, 2.24) is 0 Å². The number of hydrogen-bond donors (Lipinski definition) is 0. The number of benzene rings is 4. The van der Waals surface area contributed by atoms with Crippen molar-refractivity contribution in [3.63, 3.8) is 0 Å². The number of halogens is 1. The van der Waals surface area contributed by atoms with Gasteiger partial charge in [-0.2, -0.15) is 0 Å². The van der Waals surface area contributed by atoms with E-state index in [9.17, 15) is 0 Å². The molecule has 136 valence electrons. The monoisotopic (exact) mass is 442 g/mol. The van der Waals surface area contributed by atoms with Gasteiger partial charge in [0.15, 0.2) is 0 Å². The van der Waals surface area contributed by atoms with Crippen LogP contribution in [0.25, 0.3) is 10.1 Å². The Morgan fingerprint density at radius 2 is 1.04 bits per heavy atom. The van der Waals surface area contributed by atoms with Crippen LogP contribution in [0.4, 0.5) is 0 Å². The van der Waals surface area contributed by atoms with Gasteiger partial charge in [-0.25, -0.2) is 0 Å². The summed E-state index contributed by atoms with van der Waals surface area (Å²) in [6.45, 7) is 0. The maximum atomic E-state index is 3.92. The van der Waals surface area contributed by atoms with Crippen molar-refractivity contribution in [2.45, 2.75) is 9.79 Å². The first-order chi connectivity index (χ1) is 13.8. The third kappa shape index (κ3) is 4.30. The van der Waals surface area contributed by atoms with Crippen LogP contribution in [0.2, 0.25) is 0 Å². The molecule has 4 aromatic rings. The van der Waals surface area contributed by atoms with Gasteiger partial charge in [-0.3, -0.25) is 0 Å². The van der Waals surface area contributed by atoms with E-state index in [-0.39, 0.29) is 0 Å². The van der Waals surface area contributed by atoms with Gasteiger partial charge in [0.25, 0.3) is 0 Å². The third-order valence-electron chi connectivity index (χ3n) is 4.44. The van der Waals surface area contributed by atoms with Crippen molar-refractivity contribution >= 4 is 37.7 Å². The second-order valence-electron chi connectivity index (χ2n) is 6.33. The zero-order valence-electron chi connectivity index (χ0n) is 15.3. The molecule has 0 aliphatic heterocycles. The Morgan fingerprint density at radius 1 is 0.536 bits per heavy atom. The normalized spacial score (nSPS) is 11.8. The lowest BCUT2D eigenvalue weighted by Crippen LogP contribution is -1.94. The zero-order valence-corrected chi connectivity index (χ0v) is 17.7. The van der Waals surface area contributed by atoms with E-state index in [1.165, 1.54) is 32.1 Å². The average Bonchev–Trinajstić information content (AvgIpc) is 2.77. The van der Waals surface area contributed by atoms with Gasteiger partial charge in [0, 0.05) is 19.8 Å². The fraction of sp³-hybridized carbons (Fsp3) is 0. The van der Waals surface area contributed by atoms with Crippen LogP contribution in [0.3, 0.4) is 0 Å². The van der Waals surface area contributed by atoms with E-state index in [4.69, 9.17) is 0 Å². The Bertz CT molecular complexity index is 1070. The van der Waals surface area contributed by atoms with Gasteiger partial charge in [-0.05, 0) is 50.8 Å². The highest BCUT2D eigenvalue weighted by molar-refractivity contribution is 9.15. The topological polar surface area (TPSA) is 0 Å². The highest BCUT2D eigenvalue weighted by atomic mass is 79.9. The first-order valence-corrected chi connectivity index (χ1v) is 10.8. The molecule has 4 aromatic carbocycles. The molecule has 0 heterocycles. The fourth-order valence-corrected chi connectivity index (χ4v) is 4.79. The quantitative estimate of drug-likeness (QED) is 0.281. The molecule has 0 aliphatic rings. The summed E-state index contributed by atoms with van der Waals surface area (Å²) in [5, 5.41) is 0. The van der Waals surface area contributed by atoms with E-state index in [2.05, 4.69) is 125 Å². The van der Waals surface area contributed by atoms with Gasteiger partial charge in [-0.15, -0.1) is 0 Å². The lowest BCUT2D eigenvalue weighted by atomic mass is 9.95. The summed E-state index contributed by atoms with van der Waals surface area (Å²) < 4.78 is 1.10. The van der Waals surface area contributed by atoms with Crippen LogP contribution >= 0.6 is 27.7 Å². The molecule has 0 amide bonds. The van der Waals surface area contributed by atoms with Crippen LogP contribution < -0.4 is 0 Å². The standard InChI is InChI=1S/C26H19BrS/c27-26(21-14-6-2-7-15-21)25(20-12-4-1-5-13-20)23-18-10-11-19-24(23)28-22-16-8-3-9-17-22/h1-19H/b26-25-. The molecule has 28 heavy (non-hydrogen) atoms. The van der Waals surface area contributed by atoms with Gasteiger partial charge < -0.3 is 0 Å². The summed E-state index contributed by atoms with van der Waals surface area (Å²) in [4.78, 5) is 2.47. The fourth-order valence-electron chi connectivity index (χ4n) is 3.11. The van der Waals surface area contributed by atoms with E-state index >= 15 is 0 Å². The highest BCUT2D eigenvalue weighted by Crippen LogP contribution is 2.41. The molecule has 0 N–H and O–H groups in total. The Morgan fingerprint density at radius 3 is 1.68 bits per heavy atom. The van der Waals surface area contributed by atoms with E-state index in [0.717, 1.165) is 4.48 Å². The summed E-state index contributed by atoms with van der Waals surface area (Å²) in [6, 6.07) is 40.2. The summed E-state index contributed by atoms with van der Waals surface area (Å²) in [7, 11) is 0. The van der Waals surface area contributed by atoms with Crippen LogP contribution in [0.5, 0.6) is 0 Å². The lowest BCUT2D eigenvalue weighted by molar-refractivity contribution is 1.36. The summed E-state index contributed by atoms with van der Waals surface area (Å²) in [5.41, 5.74) is 4.78. The SMILES string of the molecule is Br/C(=C(/c1ccccc1)c1ccccc1Sc1ccccc1)c1ccccc1. The Kier molecular flexibility index (Phi) is 6.11. The average molecular weight is 443 g/mol. The summed E-state index contributed by atoms with van der Waals surface area (Å²) in [5.74, 6) is 0. The van der Waals surface area contributed by atoms with Crippen molar-refractivity contribution in [3.05, 3.63) is 132 Å². The van der Waals surface area contributed by atoms with E-state index < -0.39 is 0 Å².